The molecule has 180 valence electrons. The summed E-state index contributed by atoms with van der Waals surface area (Å²) in [6.07, 6.45) is 20.7. The molecule has 0 aliphatic heterocycles. The number of hydrogen-bond donors (Lipinski definition) is 2. The average Bonchev–Trinajstić information content (AvgIpc) is 2.67. The van der Waals surface area contributed by atoms with Gasteiger partial charge in [0.15, 0.2) is 0 Å². The monoisotopic (exact) mass is 449 g/mol. The van der Waals surface area contributed by atoms with Gasteiger partial charge < -0.3 is 5.32 Å². The number of carbonyl (C=O) groups excluding carboxylic acids is 1. The molecule has 6 nitrogen and oxygen atoms in total. The lowest BCUT2D eigenvalue weighted by atomic mass is 10.0. The molecule has 0 aliphatic carbocycles. The van der Waals surface area contributed by atoms with Gasteiger partial charge in [-0.05, 0) is 26.2 Å². The highest BCUT2D eigenvalue weighted by Crippen LogP contribution is 2.13. The number of amides is 1. The zero-order valence-electron chi connectivity index (χ0n) is 19.5. The molecule has 0 bridgehead atoms. The number of rotatable bonds is 22. The van der Waals surface area contributed by atoms with E-state index in [0.29, 0.717) is 25.8 Å². The summed E-state index contributed by atoms with van der Waals surface area (Å²) in [7, 11) is -4.40. The Hall–Kier alpha value is -0.660. The van der Waals surface area contributed by atoms with E-state index < -0.39 is 16.5 Å². The van der Waals surface area contributed by atoms with Crippen LogP contribution in [0.3, 0.4) is 0 Å². The molecule has 0 saturated carbocycles. The first-order valence-corrected chi connectivity index (χ1v) is 13.6. The second-order valence-electron chi connectivity index (χ2n) is 8.53. The van der Waals surface area contributed by atoms with Crippen LogP contribution in [0.25, 0.3) is 0 Å². The fourth-order valence-electron chi connectivity index (χ4n) is 3.62. The molecule has 0 aliphatic rings. The molecule has 1 unspecified atom stereocenters. The van der Waals surface area contributed by atoms with E-state index >= 15 is 0 Å². The first-order chi connectivity index (χ1) is 14.3. The second-order valence-corrected chi connectivity index (χ2v) is 9.57. The topological polar surface area (TPSA) is 92.7 Å². The second kappa shape index (κ2) is 20.3. The molecule has 0 aromatic rings. The first-order valence-electron chi connectivity index (χ1n) is 12.3. The van der Waals surface area contributed by atoms with Gasteiger partial charge in [-0.25, -0.2) is 4.18 Å². The van der Waals surface area contributed by atoms with Gasteiger partial charge in [0.2, 0.25) is 5.91 Å². The van der Waals surface area contributed by atoms with E-state index in [2.05, 4.69) is 16.4 Å². The number of nitrogens with one attached hydrogen (secondary N) is 1. The first kappa shape index (κ1) is 29.3. The van der Waals surface area contributed by atoms with Crippen molar-refractivity contribution in [1.29, 1.82) is 0 Å². The molecule has 0 fully saturated rings. The number of hydrogen-bond acceptors (Lipinski definition) is 4. The van der Waals surface area contributed by atoms with Gasteiger partial charge in [-0.3, -0.25) is 9.35 Å². The molecule has 0 radical (unpaired) electrons. The fraction of sp³-hybridized carbons (Fsp3) is 0.957. The van der Waals surface area contributed by atoms with E-state index in [-0.39, 0.29) is 5.91 Å². The van der Waals surface area contributed by atoms with Crippen molar-refractivity contribution in [3.05, 3.63) is 0 Å². The molecule has 1 amide bonds. The Kier molecular flexibility index (Phi) is 19.8. The average molecular weight is 450 g/mol. The molecule has 30 heavy (non-hydrogen) atoms. The van der Waals surface area contributed by atoms with Gasteiger partial charge in [-0.1, -0.05) is 96.8 Å². The van der Waals surface area contributed by atoms with Gasteiger partial charge in [0.25, 0.3) is 0 Å². The standard InChI is InChI=1S/C23H47NO5S/c1-3-4-5-6-7-8-9-10-11-12-13-14-15-16-17-20-23(25)24-21-18-19-22(2)29-30(26,27)28/h22H,3-21H2,1-2H3,(H,24,25)(H,26,27,28). The molecule has 0 aromatic heterocycles. The summed E-state index contributed by atoms with van der Waals surface area (Å²) in [5, 5.41) is 2.84. The summed E-state index contributed by atoms with van der Waals surface area (Å²) in [6, 6.07) is 0. The lowest BCUT2D eigenvalue weighted by Crippen LogP contribution is -2.25. The molecule has 0 rings (SSSR count). The van der Waals surface area contributed by atoms with Gasteiger partial charge in [0.1, 0.15) is 0 Å². The van der Waals surface area contributed by atoms with E-state index in [0.717, 1.165) is 12.8 Å². The van der Waals surface area contributed by atoms with E-state index in [1.54, 1.807) is 6.92 Å². The third-order valence-electron chi connectivity index (χ3n) is 5.40. The van der Waals surface area contributed by atoms with Crippen LogP contribution in [-0.4, -0.2) is 31.5 Å². The van der Waals surface area contributed by atoms with Gasteiger partial charge >= 0.3 is 10.4 Å². The summed E-state index contributed by atoms with van der Waals surface area (Å²) in [6.45, 7) is 4.33. The minimum Gasteiger partial charge on any atom is -0.356 e. The van der Waals surface area contributed by atoms with Crippen molar-refractivity contribution < 1.29 is 21.9 Å². The van der Waals surface area contributed by atoms with Crippen LogP contribution in [0.2, 0.25) is 0 Å². The lowest BCUT2D eigenvalue weighted by molar-refractivity contribution is -0.121. The maximum absolute atomic E-state index is 11.8. The fourth-order valence-corrected chi connectivity index (χ4v) is 4.13. The normalized spacial score (nSPS) is 12.8. The van der Waals surface area contributed by atoms with Crippen LogP contribution in [-0.2, 0) is 19.4 Å². The number of unbranched alkanes of at least 4 members (excludes halogenated alkanes) is 14. The summed E-state index contributed by atoms with van der Waals surface area (Å²) < 4.78 is 34.1. The minimum absolute atomic E-state index is 0.0491. The van der Waals surface area contributed by atoms with Gasteiger partial charge in [-0.15, -0.1) is 0 Å². The Morgan fingerprint density at radius 2 is 1.23 bits per heavy atom. The molecule has 0 heterocycles. The van der Waals surface area contributed by atoms with Crippen molar-refractivity contribution in [3.63, 3.8) is 0 Å². The minimum atomic E-state index is -4.40. The summed E-state index contributed by atoms with van der Waals surface area (Å²) in [5.74, 6) is 0.0491. The predicted octanol–water partition coefficient (Wildman–Crippen LogP) is 6.35. The highest BCUT2D eigenvalue weighted by molar-refractivity contribution is 7.80. The van der Waals surface area contributed by atoms with Crippen LogP contribution >= 0.6 is 0 Å². The predicted molar refractivity (Wildman–Crippen MR) is 124 cm³/mol. The van der Waals surface area contributed by atoms with Crippen molar-refractivity contribution in [2.24, 2.45) is 0 Å². The molecule has 0 aromatic carbocycles. The molecular weight excluding hydrogens is 402 g/mol. The van der Waals surface area contributed by atoms with E-state index in [1.807, 2.05) is 0 Å². The third-order valence-corrected chi connectivity index (χ3v) is 5.97. The van der Waals surface area contributed by atoms with Crippen LogP contribution in [0, 0.1) is 0 Å². The highest BCUT2D eigenvalue weighted by atomic mass is 32.3. The van der Waals surface area contributed by atoms with Crippen molar-refractivity contribution in [1.82, 2.24) is 5.32 Å². The lowest BCUT2D eigenvalue weighted by Gasteiger charge is -2.10. The van der Waals surface area contributed by atoms with Crippen LogP contribution in [0.1, 0.15) is 129 Å². The van der Waals surface area contributed by atoms with Crippen molar-refractivity contribution in [2.45, 2.75) is 136 Å². The van der Waals surface area contributed by atoms with E-state index in [1.165, 1.54) is 83.5 Å². The molecule has 0 spiro atoms. The van der Waals surface area contributed by atoms with Gasteiger partial charge in [0.05, 0.1) is 6.10 Å². The van der Waals surface area contributed by atoms with Crippen molar-refractivity contribution >= 4 is 16.3 Å². The van der Waals surface area contributed by atoms with E-state index in [9.17, 15) is 13.2 Å². The smallest absolute Gasteiger partial charge is 0.356 e. The molecule has 0 saturated heterocycles. The SMILES string of the molecule is CCCCCCCCCCCCCCCCCC(=O)NCCCC(C)OS(=O)(=O)O. The molecular formula is C23H47NO5S. The third kappa shape index (κ3) is 23.6. The molecule has 7 heteroatoms. The maximum Gasteiger partial charge on any atom is 0.397 e. The Labute approximate surface area is 185 Å². The summed E-state index contributed by atoms with van der Waals surface area (Å²) >= 11 is 0. The molecule has 2 N–H and O–H groups in total. The van der Waals surface area contributed by atoms with Crippen LogP contribution < -0.4 is 5.32 Å². The molecule has 1 atom stereocenters. The Balaban J connectivity index is 3.28. The largest absolute Gasteiger partial charge is 0.397 e. The highest BCUT2D eigenvalue weighted by Gasteiger charge is 2.11. The Morgan fingerprint density at radius 3 is 1.67 bits per heavy atom. The Bertz CT molecular complexity index is 496. The van der Waals surface area contributed by atoms with Crippen LogP contribution in [0.15, 0.2) is 0 Å². The van der Waals surface area contributed by atoms with Crippen LogP contribution in [0.4, 0.5) is 0 Å². The van der Waals surface area contributed by atoms with E-state index in [4.69, 9.17) is 4.55 Å². The maximum atomic E-state index is 11.8. The van der Waals surface area contributed by atoms with Crippen LogP contribution in [0.5, 0.6) is 0 Å². The van der Waals surface area contributed by atoms with Crippen molar-refractivity contribution in [3.8, 4) is 0 Å². The summed E-state index contributed by atoms with van der Waals surface area (Å²) in [5.41, 5.74) is 0. The van der Waals surface area contributed by atoms with Gasteiger partial charge in [-0.2, -0.15) is 8.42 Å². The number of carbonyl (C=O) groups is 1. The Morgan fingerprint density at radius 1 is 0.800 bits per heavy atom. The van der Waals surface area contributed by atoms with Gasteiger partial charge in [0, 0.05) is 13.0 Å². The quantitative estimate of drug-likeness (QED) is 0.148. The summed E-state index contributed by atoms with van der Waals surface area (Å²) in [4.78, 5) is 11.8. The zero-order valence-corrected chi connectivity index (χ0v) is 20.3. The zero-order chi connectivity index (χ0) is 22.5. The van der Waals surface area contributed by atoms with Crippen molar-refractivity contribution in [2.75, 3.05) is 6.54 Å².